The molecule has 34 heavy (non-hydrogen) atoms. The average molecular weight is 505 g/mol. The summed E-state index contributed by atoms with van der Waals surface area (Å²) in [6.45, 7) is 0. The van der Waals surface area contributed by atoms with Crippen molar-refractivity contribution in [3.05, 3.63) is 141 Å². The van der Waals surface area contributed by atoms with Crippen LogP contribution in [-0.2, 0) is 4.74 Å². The molecule has 0 aliphatic carbocycles. The first-order valence-corrected chi connectivity index (χ1v) is 11.9. The second kappa shape index (κ2) is 11.2. The van der Waals surface area contributed by atoms with Crippen molar-refractivity contribution in [3.8, 4) is 0 Å². The zero-order valence-corrected chi connectivity index (χ0v) is 20.1. The molecule has 0 unspecified atom stereocenters. The van der Waals surface area contributed by atoms with Crippen LogP contribution in [0.4, 0.5) is 0 Å². The third-order valence-corrected chi connectivity index (χ3v) is 6.38. The lowest BCUT2D eigenvalue weighted by Crippen LogP contribution is -2.07. The van der Waals surface area contributed by atoms with Gasteiger partial charge in [-0.05, 0) is 65.9 Å². The molecule has 0 radical (unpaired) electrons. The van der Waals surface area contributed by atoms with Gasteiger partial charge in [-0.3, -0.25) is 4.79 Å². The zero-order valence-electron chi connectivity index (χ0n) is 17.8. The summed E-state index contributed by atoms with van der Waals surface area (Å²) in [5.41, 5.74) is 2.25. The van der Waals surface area contributed by atoms with Gasteiger partial charge in [-0.15, -0.1) is 0 Å². The molecule has 0 aliphatic rings. The average Bonchev–Trinajstić information content (AvgIpc) is 2.87. The molecule has 0 fully saturated rings. The van der Waals surface area contributed by atoms with Crippen molar-refractivity contribution in [3.63, 3.8) is 0 Å². The Morgan fingerprint density at radius 2 is 1.03 bits per heavy atom. The van der Waals surface area contributed by atoms with Gasteiger partial charge in [-0.2, -0.15) is 0 Å². The van der Waals surface area contributed by atoms with E-state index in [0.717, 1.165) is 17.3 Å². The van der Waals surface area contributed by atoms with Crippen LogP contribution in [0.2, 0.25) is 10.0 Å². The lowest BCUT2D eigenvalue weighted by atomic mass is 10.1. The molecular formula is C28H18Cl2O3S. The SMILES string of the molecule is O=C(O/C(=C(\SC(=O)c1ccc(Cl)cc1)c1ccccc1)c1ccccc1)c1ccc(Cl)cc1. The summed E-state index contributed by atoms with van der Waals surface area (Å²) in [6.07, 6.45) is 0. The van der Waals surface area contributed by atoms with E-state index in [9.17, 15) is 9.59 Å². The minimum absolute atomic E-state index is 0.202. The van der Waals surface area contributed by atoms with Crippen LogP contribution in [0.5, 0.6) is 0 Å². The minimum atomic E-state index is -0.552. The number of carbonyl (C=O) groups excluding carboxylic acids is 2. The maximum atomic E-state index is 13.2. The molecule has 0 N–H and O–H groups in total. The molecule has 0 amide bonds. The van der Waals surface area contributed by atoms with Gasteiger partial charge in [0.2, 0.25) is 5.12 Å². The number of rotatable bonds is 6. The van der Waals surface area contributed by atoms with Crippen LogP contribution < -0.4 is 0 Å². The normalized spacial score (nSPS) is 11.5. The van der Waals surface area contributed by atoms with Crippen LogP contribution in [0.3, 0.4) is 0 Å². The first-order valence-electron chi connectivity index (χ1n) is 10.3. The molecule has 4 rings (SSSR count). The van der Waals surface area contributed by atoms with Gasteiger partial charge in [0.15, 0.2) is 5.76 Å². The number of carbonyl (C=O) groups is 2. The Balaban J connectivity index is 1.81. The molecule has 0 bridgehead atoms. The summed E-state index contributed by atoms with van der Waals surface area (Å²) in [5.74, 6) is -0.262. The summed E-state index contributed by atoms with van der Waals surface area (Å²) in [4.78, 5) is 26.8. The van der Waals surface area contributed by atoms with Crippen molar-refractivity contribution < 1.29 is 14.3 Å². The molecule has 0 aromatic heterocycles. The highest BCUT2D eigenvalue weighted by molar-refractivity contribution is 8.22. The second-order valence-electron chi connectivity index (χ2n) is 7.18. The predicted molar refractivity (Wildman–Crippen MR) is 140 cm³/mol. The zero-order chi connectivity index (χ0) is 23.9. The van der Waals surface area contributed by atoms with Gasteiger partial charge in [0.05, 0.1) is 10.5 Å². The van der Waals surface area contributed by atoms with E-state index < -0.39 is 5.97 Å². The van der Waals surface area contributed by atoms with Crippen molar-refractivity contribution in [1.82, 2.24) is 0 Å². The van der Waals surface area contributed by atoms with Crippen LogP contribution in [0.15, 0.2) is 109 Å². The number of halogens is 2. The molecule has 3 nitrogen and oxygen atoms in total. The Labute approximate surface area is 212 Å². The van der Waals surface area contributed by atoms with Gasteiger partial charge in [-0.1, -0.05) is 83.9 Å². The Morgan fingerprint density at radius 3 is 1.56 bits per heavy atom. The van der Waals surface area contributed by atoms with Crippen LogP contribution in [0.25, 0.3) is 10.7 Å². The molecule has 4 aromatic rings. The van der Waals surface area contributed by atoms with E-state index in [0.29, 0.717) is 37.4 Å². The topological polar surface area (TPSA) is 43.4 Å². The van der Waals surface area contributed by atoms with Gasteiger partial charge >= 0.3 is 5.97 Å². The van der Waals surface area contributed by atoms with Gasteiger partial charge in [0.1, 0.15) is 0 Å². The Morgan fingerprint density at radius 1 is 0.559 bits per heavy atom. The number of benzene rings is 4. The van der Waals surface area contributed by atoms with Gasteiger partial charge in [0, 0.05) is 21.2 Å². The van der Waals surface area contributed by atoms with Gasteiger partial charge < -0.3 is 4.74 Å². The molecule has 168 valence electrons. The third-order valence-electron chi connectivity index (χ3n) is 4.83. The molecule has 0 spiro atoms. The first kappa shape index (κ1) is 23.8. The van der Waals surface area contributed by atoms with Crippen molar-refractivity contribution in [2.45, 2.75) is 0 Å². The van der Waals surface area contributed by atoms with E-state index in [1.54, 1.807) is 48.5 Å². The Kier molecular flexibility index (Phi) is 7.86. The van der Waals surface area contributed by atoms with E-state index in [-0.39, 0.29) is 5.12 Å². The molecule has 0 aliphatic heterocycles. The maximum absolute atomic E-state index is 13.2. The fourth-order valence-electron chi connectivity index (χ4n) is 3.13. The summed E-state index contributed by atoms with van der Waals surface area (Å²) in [6, 6.07) is 31.7. The largest absolute Gasteiger partial charge is 0.421 e. The smallest absolute Gasteiger partial charge is 0.343 e. The molecule has 0 saturated heterocycles. The number of hydrogen-bond donors (Lipinski definition) is 0. The van der Waals surface area contributed by atoms with Crippen LogP contribution >= 0.6 is 35.0 Å². The fraction of sp³-hybridized carbons (Fsp3) is 0. The summed E-state index contributed by atoms with van der Waals surface area (Å²) >= 11 is 12.9. The number of hydrogen-bond acceptors (Lipinski definition) is 4. The fourth-order valence-corrected chi connectivity index (χ4v) is 4.32. The molecule has 0 saturated carbocycles. The Bertz CT molecular complexity index is 1210. The van der Waals surface area contributed by atoms with E-state index in [1.807, 2.05) is 60.7 Å². The maximum Gasteiger partial charge on any atom is 0.343 e. The van der Waals surface area contributed by atoms with Crippen molar-refractivity contribution in [2.24, 2.45) is 0 Å². The summed E-state index contributed by atoms with van der Waals surface area (Å²) in [5, 5.41) is 0.859. The lowest BCUT2D eigenvalue weighted by molar-refractivity contribution is 0.0693. The van der Waals surface area contributed by atoms with E-state index in [4.69, 9.17) is 27.9 Å². The van der Waals surface area contributed by atoms with E-state index in [2.05, 4.69) is 0 Å². The molecule has 4 aromatic carbocycles. The van der Waals surface area contributed by atoms with E-state index >= 15 is 0 Å². The van der Waals surface area contributed by atoms with E-state index in [1.165, 1.54) is 0 Å². The standard InChI is InChI=1S/C28H18Cl2O3S/c29-23-15-11-21(12-16-23)27(31)33-25(19-7-3-1-4-8-19)26(20-9-5-2-6-10-20)34-28(32)22-13-17-24(30)18-14-22/h1-18H/b26-25-. The molecular weight excluding hydrogens is 487 g/mol. The second-order valence-corrected chi connectivity index (χ2v) is 9.04. The highest BCUT2D eigenvalue weighted by atomic mass is 35.5. The number of esters is 1. The van der Waals surface area contributed by atoms with Crippen molar-refractivity contribution in [2.75, 3.05) is 0 Å². The molecule has 0 heterocycles. The predicted octanol–water partition coefficient (Wildman–Crippen LogP) is 8.25. The minimum Gasteiger partial charge on any atom is -0.421 e. The van der Waals surface area contributed by atoms with Crippen LogP contribution in [0.1, 0.15) is 31.8 Å². The highest BCUT2D eigenvalue weighted by Gasteiger charge is 2.22. The van der Waals surface area contributed by atoms with Crippen molar-refractivity contribution in [1.29, 1.82) is 0 Å². The monoisotopic (exact) mass is 504 g/mol. The highest BCUT2D eigenvalue weighted by Crippen LogP contribution is 2.38. The van der Waals surface area contributed by atoms with Gasteiger partial charge in [-0.25, -0.2) is 4.79 Å². The Hall–Kier alpha value is -3.31. The van der Waals surface area contributed by atoms with Gasteiger partial charge in [0.25, 0.3) is 0 Å². The first-order chi connectivity index (χ1) is 16.5. The lowest BCUT2D eigenvalue weighted by Gasteiger charge is -2.16. The molecule has 6 heteroatoms. The number of thioether (sulfide) groups is 1. The molecule has 0 atom stereocenters. The quantitative estimate of drug-likeness (QED) is 0.150. The summed E-state index contributed by atoms with van der Waals surface area (Å²) < 4.78 is 5.94. The summed E-state index contributed by atoms with van der Waals surface area (Å²) in [7, 11) is 0. The third kappa shape index (κ3) is 5.97. The van der Waals surface area contributed by atoms with Crippen LogP contribution in [0, 0.1) is 0 Å². The van der Waals surface area contributed by atoms with Crippen LogP contribution in [-0.4, -0.2) is 11.1 Å². The van der Waals surface area contributed by atoms with Crippen molar-refractivity contribution >= 4 is 56.7 Å². The number of ether oxygens (including phenoxy) is 1.